The van der Waals surface area contributed by atoms with Crippen LogP contribution in [0, 0.1) is 0 Å². The van der Waals surface area contributed by atoms with E-state index in [2.05, 4.69) is 22.9 Å². The maximum absolute atomic E-state index is 6.08. The second-order valence-electron chi connectivity index (χ2n) is 3.63. The molecule has 1 aromatic heterocycles. The van der Waals surface area contributed by atoms with Crippen LogP contribution in [-0.2, 0) is 0 Å². The average Bonchev–Trinajstić information content (AvgIpc) is 2.87. The fourth-order valence-corrected chi connectivity index (χ4v) is 2.05. The Bertz CT molecular complexity index is 454. The number of rotatable bonds is 1. The van der Waals surface area contributed by atoms with Crippen LogP contribution in [0.15, 0.2) is 30.5 Å². The Morgan fingerprint density at radius 1 is 1.23 bits per heavy atom. The summed E-state index contributed by atoms with van der Waals surface area (Å²) in [5, 5.41) is 2.04. The smallest absolute Gasteiger partial charge is 0.0499 e. The normalized spacial score (nSPS) is 16.7. The van der Waals surface area contributed by atoms with Gasteiger partial charge in [0, 0.05) is 28.2 Å². The molecule has 0 radical (unpaired) electrons. The topological polar surface area (TPSA) is 4.93 Å². The molecular formula is C11H10ClN. The lowest BCUT2D eigenvalue weighted by Crippen LogP contribution is -1.89. The molecule has 1 aliphatic rings. The number of aromatic nitrogens is 1. The van der Waals surface area contributed by atoms with E-state index in [1.54, 1.807) is 0 Å². The highest BCUT2D eigenvalue weighted by molar-refractivity contribution is 6.35. The quantitative estimate of drug-likeness (QED) is 0.649. The molecule has 1 nitrogen and oxygen atoms in total. The van der Waals surface area contributed by atoms with Gasteiger partial charge in [-0.05, 0) is 31.0 Å². The van der Waals surface area contributed by atoms with Crippen LogP contribution in [-0.4, -0.2) is 4.57 Å². The summed E-state index contributed by atoms with van der Waals surface area (Å²) in [5.74, 6) is 0. The zero-order chi connectivity index (χ0) is 8.84. The summed E-state index contributed by atoms with van der Waals surface area (Å²) >= 11 is 6.08. The third-order valence-corrected chi connectivity index (χ3v) is 2.98. The van der Waals surface area contributed by atoms with Gasteiger partial charge in [-0.2, -0.15) is 0 Å². The van der Waals surface area contributed by atoms with Gasteiger partial charge in [-0.15, -0.1) is 0 Å². The van der Waals surface area contributed by atoms with E-state index < -0.39 is 0 Å². The predicted octanol–water partition coefficient (Wildman–Crippen LogP) is 3.63. The summed E-state index contributed by atoms with van der Waals surface area (Å²) < 4.78 is 2.33. The van der Waals surface area contributed by atoms with Crippen molar-refractivity contribution in [3.05, 3.63) is 35.5 Å². The largest absolute Gasteiger partial charge is 0.344 e. The Hall–Kier alpha value is -0.950. The van der Waals surface area contributed by atoms with Gasteiger partial charge in [-0.25, -0.2) is 0 Å². The minimum Gasteiger partial charge on any atom is -0.344 e. The third-order valence-electron chi connectivity index (χ3n) is 2.65. The summed E-state index contributed by atoms with van der Waals surface area (Å²) in [6.45, 7) is 0. The Morgan fingerprint density at radius 3 is 2.85 bits per heavy atom. The van der Waals surface area contributed by atoms with Crippen molar-refractivity contribution >= 4 is 22.5 Å². The molecule has 1 fully saturated rings. The molecule has 0 N–H and O–H groups in total. The molecule has 1 saturated carbocycles. The minimum absolute atomic E-state index is 0.732. The molecule has 0 bridgehead atoms. The second-order valence-corrected chi connectivity index (χ2v) is 4.03. The van der Waals surface area contributed by atoms with E-state index in [0.29, 0.717) is 0 Å². The molecule has 3 rings (SSSR count). The molecule has 1 aliphatic carbocycles. The summed E-state index contributed by atoms with van der Waals surface area (Å²) in [6, 6.07) is 8.94. The highest BCUT2D eigenvalue weighted by atomic mass is 35.5. The highest BCUT2D eigenvalue weighted by Crippen LogP contribution is 2.38. The summed E-state index contributed by atoms with van der Waals surface area (Å²) in [5.41, 5.74) is 1.27. The van der Waals surface area contributed by atoms with Crippen molar-refractivity contribution in [3.63, 3.8) is 0 Å². The van der Waals surface area contributed by atoms with Crippen LogP contribution in [0.3, 0.4) is 0 Å². The van der Waals surface area contributed by atoms with Crippen molar-refractivity contribution in [2.24, 2.45) is 0 Å². The molecule has 13 heavy (non-hydrogen) atoms. The first-order valence-corrected chi connectivity index (χ1v) is 4.99. The van der Waals surface area contributed by atoms with Gasteiger partial charge in [0.1, 0.15) is 0 Å². The molecule has 0 amide bonds. The molecule has 0 saturated heterocycles. The lowest BCUT2D eigenvalue weighted by molar-refractivity contribution is 0.776. The van der Waals surface area contributed by atoms with Gasteiger partial charge in [0.05, 0.1) is 0 Å². The van der Waals surface area contributed by atoms with Crippen molar-refractivity contribution in [2.45, 2.75) is 18.9 Å². The molecule has 0 spiro atoms. The SMILES string of the molecule is Clc1cccc2c1ccn2C1CC1. The van der Waals surface area contributed by atoms with Crippen LogP contribution in [0.4, 0.5) is 0 Å². The molecule has 1 aromatic carbocycles. The van der Waals surface area contributed by atoms with Crippen LogP contribution in [0.5, 0.6) is 0 Å². The van der Waals surface area contributed by atoms with E-state index in [9.17, 15) is 0 Å². The predicted molar refractivity (Wildman–Crippen MR) is 55.2 cm³/mol. The fourth-order valence-electron chi connectivity index (χ4n) is 1.82. The first kappa shape index (κ1) is 7.45. The number of nitrogens with zero attached hydrogens (tertiary/aromatic N) is 1. The molecule has 66 valence electrons. The summed E-state index contributed by atoms with van der Waals surface area (Å²) in [7, 11) is 0. The van der Waals surface area contributed by atoms with E-state index in [-0.39, 0.29) is 0 Å². The highest BCUT2D eigenvalue weighted by Gasteiger charge is 2.24. The Balaban J connectivity index is 2.32. The maximum Gasteiger partial charge on any atom is 0.0499 e. The zero-order valence-electron chi connectivity index (χ0n) is 7.20. The number of hydrogen-bond acceptors (Lipinski definition) is 0. The van der Waals surface area contributed by atoms with Crippen molar-refractivity contribution in [2.75, 3.05) is 0 Å². The van der Waals surface area contributed by atoms with E-state index in [4.69, 9.17) is 11.6 Å². The third kappa shape index (κ3) is 1.07. The Kier molecular flexibility index (Phi) is 1.44. The van der Waals surface area contributed by atoms with Crippen molar-refractivity contribution in [1.29, 1.82) is 0 Å². The number of benzene rings is 1. The lowest BCUT2D eigenvalue weighted by atomic mass is 10.2. The molecule has 1 heterocycles. The molecule has 2 aromatic rings. The first-order chi connectivity index (χ1) is 6.36. The van der Waals surface area contributed by atoms with Crippen molar-refractivity contribution < 1.29 is 0 Å². The number of hydrogen-bond donors (Lipinski definition) is 0. The van der Waals surface area contributed by atoms with Crippen LogP contribution >= 0.6 is 11.6 Å². The monoisotopic (exact) mass is 191 g/mol. The molecule has 0 aliphatic heterocycles. The van der Waals surface area contributed by atoms with Gasteiger partial charge >= 0.3 is 0 Å². The molecule has 0 atom stereocenters. The van der Waals surface area contributed by atoms with Gasteiger partial charge < -0.3 is 4.57 Å². The molecule has 2 heteroatoms. The molecule has 0 unspecified atom stereocenters. The van der Waals surface area contributed by atoms with Crippen molar-refractivity contribution in [3.8, 4) is 0 Å². The lowest BCUT2D eigenvalue weighted by Gasteiger charge is -2.01. The summed E-state index contributed by atoms with van der Waals surface area (Å²) in [6.07, 6.45) is 4.78. The van der Waals surface area contributed by atoms with E-state index in [1.807, 2.05) is 12.1 Å². The van der Waals surface area contributed by atoms with Gasteiger partial charge in [0.2, 0.25) is 0 Å². The van der Waals surface area contributed by atoms with E-state index in [1.165, 1.54) is 23.7 Å². The average molecular weight is 192 g/mol. The van der Waals surface area contributed by atoms with Crippen LogP contribution in [0.1, 0.15) is 18.9 Å². The Morgan fingerprint density at radius 2 is 2.08 bits per heavy atom. The number of halogens is 1. The molecular weight excluding hydrogens is 182 g/mol. The zero-order valence-corrected chi connectivity index (χ0v) is 7.96. The van der Waals surface area contributed by atoms with Gasteiger partial charge in [0.15, 0.2) is 0 Å². The van der Waals surface area contributed by atoms with Gasteiger partial charge in [-0.1, -0.05) is 17.7 Å². The van der Waals surface area contributed by atoms with E-state index in [0.717, 1.165) is 11.1 Å². The van der Waals surface area contributed by atoms with E-state index >= 15 is 0 Å². The van der Waals surface area contributed by atoms with Crippen molar-refractivity contribution in [1.82, 2.24) is 4.57 Å². The minimum atomic E-state index is 0.732. The van der Waals surface area contributed by atoms with Crippen LogP contribution < -0.4 is 0 Å². The fraction of sp³-hybridized carbons (Fsp3) is 0.273. The summed E-state index contributed by atoms with van der Waals surface area (Å²) in [4.78, 5) is 0. The van der Waals surface area contributed by atoms with Crippen LogP contribution in [0.2, 0.25) is 5.02 Å². The van der Waals surface area contributed by atoms with Gasteiger partial charge in [0.25, 0.3) is 0 Å². The first-order valence-electron chi connectivity index (χ1n) is 4.61. The maximum atomic E-state index is 6.08. The van der Waals surface area contributed by atoms with Crippen LogP contribution in [0.25, 0.3) is 10.9 Å². The Labute approximate surface area is 81.9 Å². The second kappa shape index (κ2) is 2.52. The standard InChI is InChI=1S/C11H10ClN/c12-10-2-1-3-11-9(10)6-7-13(11)8-4-5-8/h1-3,6-8H,4-5H2. The van der Waals surface area contributed by atoms with Gasteiger partial charge in [-0.3, -0.25) is 0 Å². The number of fused-ring (bicyclic) bond motifs is 1.